The van der Waals surface area contributed by atoms with Gasteiger partial charge < -0.3 is 9.64 Å². The maximum atomic E-state index is 5.74. The van der Waals surface area contributed by atoms with Crippen molar-refractivity contribution in [2.24, 2.45) is 0 Å². The lowest BCUT2D eigenvalue weighted by atomic mass is 10.1. The Morgan fingerprint density at radius 1 is 1.21 bits per heavy atom. The molecule has 14 heavy (non-hydrogen) atoms. The molecular formula is C11H24ClNO. The van der Waals surface area contributed by atoms with E-state index >= 15 is 0 Å². The van der Waals surface area contributed by atoms with Crippen LogP contribution in [0.3, 0.4) is 0 Å². The highest BCUT2D eigenvalue weighted by atomic mass is 35.5. The minimum Gasteiger partial charge on any atom is -0.379 e. The number of alkyl halides is 1. The van der Waals surface area contributed by atoms with Gasteiger partial charge in [-0.1, -0.05) is 6.92 Å². The molecule has 0 bridgehead atoms. The predicted octanol–water partition coefficient (Wildman–Crippen LogP) is 2.75. The van der Waals surface area contributed by atoms with Gasteiger partial charge in [-0.15, -0.1) is 11.6 Å². The fourth-order valence-corrected chi connectivity index (χ4v) is 1.54. The highest BCUT2D eigenvalue weighted by molar-refractivity contribution is 6.18. The minimum atomic E-state index is -0.0156. The third-order valence-electron chi connectivity index (χ3n) is 2.52. The zero-order chi connectivity index (χ0) is 11.0. The Kier molecular flexibility index (Phi) is 7.61. The van der Waals surface area contributed by atoms with Crippen molar-refractivity contribution in [1.29, 1.82) is 0 Å². The van der Waals surface area contributed by atoms with E-state index in [1.807, 2.05) is 0 Å². The van der Waals surface area contributed by atoms with Crippen LogP contribution in [0.4, 0.5) is 0 Å². The van der Waals surface area contributed by atoms with Crippen LogP contribution < -0.4 is 0 Å². The molecule has 0 amide bonds. The SMILES string of the molecule is CCCN(CCCl)CCC(C)(C)OC. The van der Waals surface area contributed by atoms with E-state index in [-0.39, 0.29) is 5.60 Å². The second-order valence-corrected chi connectivity index (χ2v) is 4.62. The molecule has 0 N–H and O–H groups in total. The van der Waals surface area contributed by atoms with Crippen molar-refractivity contribution in [3.8, 4) is 0 Å². The predicted molar refractivity (Wildman–Crippen MR) is 63.2 cm³/mol. The van der Waals surface area contributed by atoms with Gasteiger partial charge in [-0.25, -0.2) is 0 Å². The van der Waals surface area contributed by atoms with Crippen LogP contribution in [0.15, 0.2) is 0 Å². The van der Waals surface area contributed by atoms with Crippen LogP contribution >= 0.6 is 11.6 Å². The molecule has 0 unspecified atom stereocenters. The molecule has 0 heterocycles. The molecule has 0 rings (SSSR count). The summed E-state index contributed by atoms with van der Waals surface area (Å²) < 4.78 is 5.38. The first-order chi connectivity index (χ1) is 6.55. The van der Waals surface area contributed by atoms with Crippen molar-refractivity contribution in [1.82, 2.24) is 4.90 Å². The summed E-state index contributed by atoms with van der Waals surface area (Å²) in [6, 6.07) is 0. The Hall–Kier alpha value is 0.210. The standard InChI is InChI=1S/C11H24ClNO/c1-5-8-13(10-7-12)9-6-11(2,3)14-4/h5-10H2,1-4H3. The summed E-state index contributed by atoms with van der Waals surface area (Å²) in [5.41, 5.74) is -0.0156. The third kappa shape index (κ3) is 6.63. The Morgan fingerprint density at radius 3 is 2.29 bits per heavy atom. The van der Waals surface area contributed by atoms with Gasteiger partial charge in [0.1, 0.15) is 0 Å². The normalized spacial score (nSPS) is 12.4. The number of hydrogen-bond acceptors (Lipinski definition) is 2. The van der Waals surface area contributed by atoms with Crippen molar-refractivity contribution in [2.45, 2.75) is 39.2 Å². The number of hydrogen-bond donors (Lipinski definition) is 0. The molecule has 0 atom stereocenters. The van der Waals surface area contributed by atoms with Crippen molar-refractivity contribution < 1.29 is 4.74 Å². The molecule has 0 spiro atoms. The maximum absolute atomic E-state index is 5.74. The minimum absolute atomic E-state index is 0.0156. The van der Waals surface area contributed by atoms with E-state index in [9.17, 15) is 0 Å². The van der Waals surface area contributed by atoms with E-state index in [1.54, 1.807) is 7.11 Å². The van der Waals surface area contributed by atoms with Crippen LogP contribution in [0.5, 0.6) is 0 Å². The molecule has 0 aromatic rings. The van der Waals surface area contributed by atoms with Crippen LogP contribution in [0.1, 0.15) is 33.6 Å². The first-order valence-corrected chi connectivity index (χ1v) is 5.92. The van der Waals surface area contributed by atoms with Crippen molar-refractivity contribution in [3.05, 3.63) is 0 Å². The summed E-state index contributed by atoms with van der Waals surface area (Å²) in [6.45, 7) is 9.63. The first-order valence-electron chi connectivity index (χ1n) is 5.39. The van der Waals surface area contributed by atoms with Gasteiger partial charge in [-0.2, -0.15) is 0 Å². The molecule has 3 heteroatoms. The van der Waals surface area contributed by atoms with E-state index in [1.165, 1.54) is 6.42 Å². The summed E-state index contributed by atoms with van der Waals surface area (Å²) in [6.07, 6.45) is 2.24. The highest BCUT2D eigenvalue weighted by Gasteiger charge is 2.17. The summed E-state index contributed by atoms with van der Waals surface area (Å²) in [5.74, 6) is 0.716. The lowest BCUT2D eigenvalue weighted by molar-refractivity contribution is 0.00784. The fraction of sp³-hybridized carbons (Fsp3) is 1.00. The van der Waals surface area contributed by atoms with E-state index in [0.29, 0.717) is 5.88 Å². The second-order valence-electron chi connectivity index (χ2n) is 4.24. The monoisotopic (exact) mass is 221 g/mol. The van der Waals surface area contributed by atoms with Crippen LogP contribution in [0.2, 0.25) is 0 Å². The van der Waals surface area contributed by atoms with Gasteiger partial charge in [0, 0.05) is 26.1 Å². The molecule has 0 aromatic heterocycles. The summed E-state index contributed by atoms with van der Waals surface area (Å²) >= 11 is 5.74. The van der Waals surface area contributed by atoms with Gasteiger partial charge >= 0.3 is 0 Å². The lowest BCUT2D eigenvalue weighted by Gasteiger charge is -2.27. The molecular weight excluding hydrogens is 198 g/mol. The average molecular weight is 222 g/mol. The fourth-order valence-electron chi connectivity index (χ4n) is 1.30. The maximum Gasteiger partial charge on any atom is 0.0634 e. The Balaban J connectivity index is 3.80. The highest BCUT2D eigenvalue weighted by Crippen LogP contribution is 2.13. The molecule has 0 saturated heterocycles. The molecule has 2 nitrogen and oxygen atoms in total. The first kappa shape index (κ1) is 14.2. The van der Waals surface area contributed by atoms with Crippen molar-refractivity contribution >= 4 is 11.6 Å². The Morgan fingerprint density at radius 2 is 1.86 bits per heavy atom. The van der Waals surface area contributed by atoms with Gasteiger partial charge in [0.2, 0.25) is 0 Å². The molecule has 0 aliphatic heterocycles. The van der Waals surface area contributed by atoms with Gasteiger partial charge in [-0.05, 0) is 33.2 Å². The Bertz CT molecular complexity index is 133. The van der Waals surface area contributed by atoms with E-state index < -0.39 is 0 Å². The number of rotatable bonds is 8. The zero-order valence-corrected chi connectivity index (χ0v) is 10.7. The molecule has 0 aliphatic carbocycles. The zero-order valence-electron chi connectivity index (χ0n) is 9.98. The van der Waals surface area contributed by atoms with Gasteiger partial charge in [0.05, 0.1) is 5.60 Å². The van der Waals surface area contributed by atoms with Gasteiger partial charge in [-0.3, -0.25) is 0 Å². The number of methoxy groups -OCH3 is 1. The van der Waals surface area contributed by atoms with E-state index in [2.05, 4.69) is 25.7 Å². The lowest BCUT2D eigenvalue weighted by Crippen LogP contribution is -2.34. The number of ether oxygens (including phenoxy) is 1. The van der Waals surface area contributed by atoms with Crippen LogP contribution in [-0.2, 0) is 4.74 Å². The van der Waals surface area contributed by atoms with Crippen molar-refractivity contribution in [2.75, 3.05) is 32.6 Å². The quantitative estimate of drug-likeness (QED) is 0.585. The van der Waals surface area contributed by atoms with Gasteiger partial charge in [0.25, 0.3) is 0 Å². The van der Waals surface area contributed by atoms with Crippen molar-refractivity contribution in [3.63, 3.8) is 0 Å². The second kappa shape index (κ2) is 7.49. The van der Waals surface area contributed by atoms with Crippen LogP contribution in [0, 0.1) is 0 Å². The molecule has 0 fully saturated rings. The molecule has 0 radical (unpaired) electrons. The largest absolute Gasteiger partial charge is 0.379 e. The van der Waals surface area contributed by atoms with Crippen LogP contribution in [-0.4, -0.2) is 43.1 Å². The average Bonchev–Trinajstić information content (AvgIpc) is 2.15. The molecule has 0 aromatic carbocycles. The van der Waals surface area contributed by atoms with E-state index in [0.717, 1.165) is 26.1 Å². The topological polar surface area (TPSA) is 12.5 Å². The molecule has 0 aliphatic rings. The molecule has 0 saturated carbocycles. The van der Waals surface area contributed by atoms with Crippen LogP contribution in [0.25, 0.3) is 0 Å². The number of nitrogens with zero attached hydrogens (tertiary/aromatic N) is 1. The summed E-state index contributed by atoms with van der Waals surface area (Å²) in [7, 11) is 1.77. The van der Waals surface area contributed by atoms with E-state index in [4.69, 9.17) is 16.3 Å². The Labute approximate surface area is 93.6 Å². The number of halogens is 1. The summed E-state index contributed by atoms with van der Waals surface area (Å²) in [4.78, 5) is 2.40. The smallest absolute Gasteiger partial charge is 0.0634 e. The molecule has 86 valence electrons. The van der Waals surface area contributed by atoms with Gasteiger partial charge in [0.15, 0.2) is 0 Å². The summed E-state index contributed by atoms with van der Waals surface area (Å²) in [5, 5.41) is 0. The third-order valence-corrected chi connectivity index (χ3v) is 2.69.